The average Bonchev–Trinajstić information content (AvgIpc) is 3.45. The first-order chi connectivity index (χ1) is 15.2. The monoisotopic (exact) mass is 424 g/mol. The van der Waals surface area contributed by atoms with Crippen LogP contribution >= 0.6 is 0 Å². The molecule has 0 radical (unpaired) electrons. The number of aromatic nitrogens is 2. The minimum Gasteiger partial charge on any atom is -0.465 e. The molecule has 3 heterocycles. The molecule has 0 unspecified atom stereocenters. The fraction of sp³-hybridized carbons (Fsp3) is 0.435. The van der Waals surface area contributed by atoms with Crippen molar-refractivity contribution in [3.63, 3.8) is 0 Å². The standard InChI is InChI=1S/C23H28N4O4/c1-17-10-11-20(30-17)19(27-12-14-29-15-13-27)16-24-21(28)8-5-9-22-25-23(26-31-22)18-6-3-2-4-7-18/h2-4,6-7,10-11,19H,5,8-9,12-16H2,1H3,(H,24,28)/t19-/m0/s1. The van der Waals surface area contributed by atoms with E-state index in [4.69, 9.17) is 13.7 Å². The summed E-state index contributed by atoms with van der Waals surface area (Å²) in [5.41, 5.74) is 0.914. The molecule has 1 aliphatic heterocycles. The smallest absolute Gasteiger partial charge is 0.226 e. The first-order valence-electron chi connectivity index (χ1n) is 10.7. The number of hydrogen-bond acceptors (Lipinski definition) is 7. The molecule has 0 saturated carbocycles. The third kappa shape index (κ3) is 5.80. The van der Waals surface area contributed by atoms with Gasteiger partial charge in [0.15, 0.2) is 0 Å². The van der Waals surface area contributed by atoms with Crippen LogP contribution in [0.1, 0.15) is 36.3 Å². The molecule has 0 aliphatic carbocycles. The quantitative estimate of drug-likeness (QED) is 0.564. The molecule has 1 saturated heterocycles. The fourth-order valence-corrected chi connectivity index (χ4v) is 3.69. The van der Waals surface area contributed by atoms with Gasteiger partial charge in [0.25, 0.3) is 0 Å². The number of hydrogen-bond donors (Lipinski definition) is 1. The number of nitrogens with one attached hydrogen (secondary N) is 1. The van der Waals surface area contributed by atoms with Crippen molar-refractivity contribution >= 4 is 5.91 Å². The van der Waals surface area contributed by atoms with Gasteiger partial charge in [0.2, 0.25) is 17.6 Å². The lowest BCUT2D eigenvalue weighted by molar-refractivity contribution is -0.121. The van der Waals surface area contributed by atoms with Gasteiger partial charge in [0.05, 0.1) is 19.3 Å². The third-order valence-electron chi connectivity index (χ3n) is 5.36. The predicted octanol–water partition coefficient (Wildman–Crippen LogP) is 3.15. The van der Waals surface area contributed by atoms with Crippen LogP contribution in [-0.2, 0) is 16.0 Å². The van der Waals surface area contributed by atoms with Crippen LogP contribution in [0.4, 0.5) is 0 Å². The Bertz CT molecular complexity index is 963. The lowest BCUT2D eigenvalue weighted by Gasteiger charge is -2.33. The Kier molecular flexibility index (Phi) is 7.11. The van der Waals surface area contributed by atoms with Gasteiger partial charge in [-0.2, -0.15) is 4.98 Å². The number of benzene rings is 1. The molecule has 1 amide bonds. The summed E-state index contributed by atoms with van der Waals surface area (Å²) in [5, 5.41) is 7.08. The predicted molar refractivity (Wildman–Crippen MR) is 114 cm³/mol. The van der Waals surface area contributed by atoms with Crippen molar-refractivity contribution in [3.8, 4) is 11.4 Å². The summed E-state index contributed by atoms with van der Waals surface area (Å²) >= 11 is 0. The van der Waals surface area contributed by atoms with Crippen molar-refractivity contribution in [2.75, 3.05) is 32.8 Å². The molecular weight excluding hydrogens is 396 g/mol. The Hall–Kier alpha value is -2.97. The van der Waals surface area contributed by atoms with Crippen LogP contribution in [0.2, 0.25) is 0 Å². The molecule has 0 spiro atoms. The number of morpholine rings is 1. The normalized spacial score (nSPS) is 15.6. The second-order valence-corrected chi connectivity index (χ2v) is 7.65. The largest absolute Gasteiger partial charge is 0.465 e. The molecule has 1 aliphatic rings. The van der Waals surface area contributed by atoms with E-state index in [1.165, 1.54) is 0 Å². The van der Waals surface area contributed by atoms with Crippen molar-refractivity contribution in [1.82, 2.24) is 20.4 Å². The van der Waals surface area contributed by atoms with E-state index >= 15 is 0 Å². The van der Waals surface area contributed by atoms with E-state index in [9.17, 15) is 4.79 Å². The molecule has 1 N–H and O–H groups in total. The van der Waals surface area contributed by atoms with Gasteiger partial charge in [0.1, 0.15) is 11.5 Å². The molecule has 0 bridgehead atoms. The highest BCUT2D eigenvalue weighted by Crippen LogP contribution is 2.23. The number of amides is 1. The van der Waals surface area contributed by atoms with Gasteiger partial charge in [-0.25, -0.2) is 0 Å². The van der Waals surface area contributed by atoms with Crippen LogP contribution < -0.4 is 5.32 Å². The number of carbonyl (C=O) groups excluding carboxylic acids is 1. The Morgan fingerprint density at radius 1 is 1.16 bits per heavy atom. The summed E-state index contributed by atoms with van der Waals surface area (Å²) in [6.45, 7) is 5.46. The molecule has 31 heavy (non-hydrogen) atoms. The van der Waals surface area contributed by atoms with Gasteiger partial charge in [-0.3, -0.25) is 9.69 Å². The minimum atomic E-state index is 0.00401. The molecule has 1 aromatic carbocycles. The van der Waals surface area contributed by atoms with Gasteiger partial charge >= 0.3 is 0 Å². The highest BCUT2D eigenvalue weighted by Gasteiger charge is 2.25. The topological polar surface area (TPSA) is 93.6 Å². The van der Waals surface area contributed by atoms with Gasteiger partial charge in [0, 0.05) is 38.0 Å². The molecular formula is C23H28N4O4. The highest BCUT2D eigenvalue weighted by atomic mass is 16.5. The molecule has 2 aromatic heterocycles. The highest BCUT2D eigenvalue weighted by molar-refractivity contribution is 5.75. The molecule has 164 valence electrons. The van der Waals surface area contributed by atoms with Crippen molar-refractivity contribution < 1.29 is 18.5 Å². The Labute approximate surface area is 181 Å². The molecule has 1 fully saturated rings. The summed E-state index contributed by atoms with van der Waals surface area (Å²) in [4.78, 5) is 19.1. The maximum absolute atomic E-state index is 12.4. The van der Waals surface area contributed by atoms with E-state index in [1.807, 2.05) is 49.4 Å². The summed E-state index contributed by atoms with van der Waals surface area (Å²) in [6.07, 6.45) is 1.61. The second-order valence-electron chi connectivity index (χ2n) is 7.65. The van der Waals surface area contributed by atoms with Gasteiger partial charge < -0.3 is 19.0 Å². The SMILES string of the molecule is Cc1ccc([C@H](CNC(=O)CCCc2nc(-c3ccccc3)no2)N2CCOCC2)o1. The van der Waals surface area contributed by atoms with E-state index in [2.05, 4.69) is 20.4 Å². The maximum atomic E-state index is 12.4. The molecule has 1 atom stereocenters. The van der Waals surface area contributed by atoms with E-state index in [0.717, 1.165) is 30.2 Å². The lowest BCUT2D eigenvalue weighted by Crippen LogP contribution is -2.43. The number of furan rings is 1. The van der Waals surface area contributed by atoms with Crippen LogP contribution in [-0.4, -0.2) is 53.8 Å². The fourth-order valence-electron chi connectivity index (χ4n) is 3.69. The summed E-state index contributed by atoms with van der Waals surface area (Å²) in [5.74, 6) is 2.86. The van der Waals surface area contributed by atoms with Crippen molar-refractivity contribution in [1.29, 1.82) is 0 Å². The van der Waals surface area contributed by atoms with Crippen LogP contribution in [0.15, 0.2) is 51.4 Å². The maximum Gasteiger partial charge on any atom is 0.226 e. The van der Waals surface area contributed by atoms with Crippen LogP contribution in [0.25, 0.3) is 11.4 Å². The van der Waals surface area contributed by atoms with Crippen LogP contribution in [0, 0.1) is 6.92 Å². The molecule has 4 rings (SSSR count). The number of rotatable bonds is 9. The van der Waals surface area contributed by atoms with Crippen molar-refractivity contribution in [2.45, 2.75) is 32.2 Å². The van der Waals surface area contributed by atoms with E-state index < -0.39 is 0 Å². The lowest BCUT2D eigenvalue weighted by atomic mass is 10.1. The first-order valence-corrected chi connectivity index (χ1v) is 10.7. The van der Waals surface area contributed by atoms with Crippen molar-refractivity contribution in [2.24, 2.45) is 0 Å². The number of aryl methyl sites for hydroxylation is 2. The van der Waals surface area contributed by atoms with Gasteiger partial charge in [-0.05, 0) is 25.5 Å². The zero-order valence-electron chi connectivity index (χ0n) is 17.8. The minimum absolute atomic E-state index is 0.00401. The Morgan fingerprint density at radius 2 is 1.97 bits per heavy atom. The summed E-state index contributed by atoms with van der Waals surface area (Å²) in [6, 6.07) is 13.6. The van der Waals surface area contributed by atoms with Crippen LogP contribution in [0.3, 0.4) is 0 Å². The van der Waals surface area contributed by atoms with E-state index in [-0.39, 0.29) is 11.9 Å². The average molecular weight is 425 g/mol. The molecule has 8 heteroatoms. The molecule has 3 aromatic rings. The first kappa shape index (κ1) is 21.3. The van der Waals surface area contributed by atoms with Crippen LogP contribution in [0.5, 0.6) is 0 Å². The second kappa shape index (κ2) is 10.4. The number of ether oxygens (including phenoxy) is 1. The van der Waals surface area contributed by atoms with E-state index in [0.29, 0.717) is 50.7 Å². The number of nitrogens with zero attached hydrogens (tertiary/aromatic N) is 3. The zero-order valence-corrected chi connectivity index (χ0v) is 17.8. The summed E-state index contributed by atoms with van der Waals surface area (Å²) in [7, 11) is 0. The van der Waals surface area contributed by atoms with Crippen molar-refractivity contribution in [3.05, 3.63) is 59.9 Å². The zero-order chi connectivity index (χ0) is 21.5. The Balaban J connectivity index is 1.25. The third-order valence-corrected chi connectivity index (χ3v) is 5.36. The van der Waals surface area contributed by atoms with E-state index in [1.54, 1.807) is 0 Å². The van der Waals surface area contributed by atoms with Gasteiger partial charge in [-0.1, -0.05) is 35.5 Å². The number of carbonyl (C=O) groups is 1. The van der Waals surface area contributed by atoms with Gasteiger partial charge in [-0.15, -0.1) is 0 Å². The summed E-state index contributed by atoms with van der Waals surface area (Å²) < 4.78 is 16.6. The Morgan fingerprint density at radius 3 is 2.71 bits per heavy atom. The molecule has 8 nitrogen and oxygen atoms in total.